The highest BCUT2D eigenvalue weighted by Crippen LogP contribution is 2.40. The zero-order valence-electron chi connectivity index (χ0n) is 8.50. The molecule has 3 rings (SSSR count). The monoisotopic (exact) mass is 220 g/mol. The van der Waals surface area contributed by atoms with Crippen molar-refractivity contribution in [3.63, 3.8) is 0 Å². The van der Waals surface area contributed by atoms with Crippen LogP contribution in [0, 0.1) is 11.6 Å². The van der Waals surface area contributed by atoms with Gasteiger partial charge in [0.05, 0.1) is 5.52 Å². The van der Waals surface area contributed by atoms with Crippen molar-refractivity contribution in [1.29, 1.82) is 0 Å². The lowest BCUT2D eigenvalue weighted by atomic mass is 10.1. The number of halogens is 2. The summed E-state index contributed by atoms with van der Waals surface area (Å²) >= 11 is 0. The van der Waals surface area contributed by atoms with Gasteiger partial charge >= 0.3 is 0 Å². The zero-order chi connectivity index (χ0) is 11.3. The lowest BCUT2D eigenvalue weighted by Gasteiger charge is -2.06. The second kappa shape index (κ2) is 3.14. The molecule has 2 aromatic rings. The Kier molecular flexibility index (Phi) is 1.87. The summed E-state index contributed by atoms with van der Waals surface area (Å²) in [6.07, 6.45) is 2.20. The molecule has 1 fully saturated rings. The number of aromatic nitrogens is 1. The van der Waals surface area contributed by atoms with Gasteiger partial charge in [0.2, 0.25) is 0 Å². The van der Waals surface area contributed by atoms with Crippen molar-refractivity contribution < 1.29 is 8.78 Å². The molecule has 0 bridgehead atoms. The summed E-state index contributed by atoms with van der Waals surface area (Å²) < 4.78 is 26.1. The summed E-state index contributed by atoms with van der Waals surface area (Å²) in [6.45, 7) is 0. The Morgan fingerprint density at radius 3 is 2.50 bits per heavy atom. The number of hydrogen-bond acceptors (Lipinski definition) is 2. The van der Waals surface area contributed by atoms with Crippen molar-refractivity contribution in [2.24, 2.45) is 0 Å². The van der Waals surface area contributed by atoms with E-state index in [1.807, 2.05) is 0 Å². The summed E-state index contributed by atoms with van der Waals surface area (Å²) in [5.41, 5.74) is 7.59. The standard InChI is InChI=1S/C12H10F2N2/c13-8-3-7-10(15)5-11(6-1-2-6)16-12(7)4-9(8)14/h3-6H,1-2H2,(H2,15,16). The quantitative estimate of drug-likeness (QED) is 0.802. The molecular formula is C12H10F2N2. The molecule has 0 unspecified atom stereocenters. The summed E-state index contributed by atoms with van der Waals surface area (Å²) in [5, 5.41) is 0.475. The maximum absolute atomic E-state index is 13.1. The molecule has 0 atom stereocenters. The number of nitrogens with two attached hydrogens (primary N) is 1. The van der Waals surface area contributed by atoms with Crippen LogP contribution in [-0.2, 0) is 0 Å². The second-order valence-corrected chi connectivity index (χ2v) is 4.19. The van der Waals surface area contributed by atoms with Crippen molar-refractivity contribution in [2.75, 3.05) is 5.73 Å². The van der Waals surface area contributed by atoms with E-state index in [1.165, 1.54) is 0 Å². The molecule has 82 valence electrons. The van der Waals surface area contributed by atoms with Gasteiger partial charge in [0.1, 0.15) is 0 Å². The Labute approximate surface area is 91.1 Å². The molecule has 2 N–H and O–H groups in total. The van der Waals surface area contributed by atoms with Gasteiger partial charge in [0.15, 0.2) is 11.6 Å². The predicted molar refractivity (Wildman–Crippen MR) is 58.0 cm³/mol. The molecule has 0 amide bonds. The molecule has 0 saturated heterocycles. The fraction of sp³-hybridized carbons (Fsp3) is 0.250. The summed E-state index contributed by atoms with van der Waals surface area (Å²) in [4.78, 5) is 4.31. The van der Waals surface area contributed by atoms with Crippen LogP contribution in [0.25, 0.3) is 10.9 Å². The highest BCUT2D eigenvalue weighted by atomic mass is 19.2. The number of rotatable bonds is 1. The number of benzene rings is 1. The number of nitrogens with zero attached hydrogens (tertiary/aromatic N) is 1. The minimum Gasteiger partial charge on any atom is -0.398 e. The summed E-state index contributed by atoms with van der Waals surface area (Å²) in [5.74, 6) is -1.33. The first kappa shape index (κ1) is 9.51. The van der Waals surface area contributed by atoms with Crippen LogP contribution in [0.1, 0.15) is 24.5 Å². The molecule has 0 radical (unpaired) electrons. The van der Waals surface area contributed by atoms with Crippen molar-refractivity contribution >= 4 is 16.6 Å². The van der Waals surface area contributed by atoms with Gasteiger partial charge in [-0.05, 0) is 25.0 Å². The van der Waals surface area contributed by atoms with E-state index in [9.17, 15) is 8.78 Å². The molecule has 0 spiro atoms. The van der Waals surface area contributed by atoms with Gasteiger partial charge in [-0.25, -0.2) is 8.78 Å². The van der Waals surface area contributed by atoms with E-state index in [1.54, 1.807) is 6.07 Å². The van der Waals surface area contributed by atoms with E-state index < -0.39 is 11.6 Å². The Balaban J connectivity index is 2.28. The highest BCUT2D eigenvalue weighted by molar-refractivity contribution is 5.90. The Hall–Kier alpha value is -1.71. The Morgan fingerprint density at radius 1 is 1.12 bits per heavy atom. The van der Waals surface area contributed by atoms with Gasteiger partial charge in [0, 0.05) is 28.8 Å². The third-order valence-corrected chi connectivity index (χ3v) is 2.90. The summed E-state index contributed by atoms with van der Waals surface area (Å²) in [6, 6.07) is 3.97. The van der Waals surface area contributed by atoms with Crippen LogP contribution in [0.3, 0.4) is 0 Å². The van der Waals surface area contributed by atoms with Crippen molar-refractivity contribution in [2.45, 2.75) is 18.8 Å². The maximum Gasteiger partial charge on any atom is 0.161 e. The minimum absolute atomic E-state index is 0.431. The average molecular weight is 220 g/mol. The van der Waals surface area contributed by atoms with E-state index in [0.29, 0.717) is 22.5 Å². The number of nitrogen functional groups attached to an aromatic ring is 1. The van der Waals surface area contributed by atoms with E-state index >= 15 is 0 Å². The van der Waals surface area contributed by atoms with Crippen LogP contribution in [0.2, 0.25) is 0 Å². The smallest absolute Gasteiger partial charge is 0.161 e. The largest absolute Gasteiger partial charge is 0.398 e. The number of hydrogen-bond donors (Lipinski definition) is 1. The second-order valence-electron chi connectivity index (χ2n) is 4.19. The van der Waals surface area contributed by atoms with Crippen LogP contribution in [-0.4, -0.2) is 4.98 Å². The Morgan fingerprint density at radius 2 is 1.81 bits per heavy atom. The fourth-order valence-corrected chi connectivity index (χ4v) is 1.86. The van der Waals surface area contributed by atoms with Gasteiger partial charge in [-0.1, -0.05) is 0 Å². The maximum atomic E-state index is 13.1. The summed E-state index contributed by atoms with van der Waals surface area (Å²) in [7, 11) is 0. The fourth-order valence-electron chi connectivity index (χ4n) is 1.86. The van der Waals surface area contributed by atoms with Gasteiger partial charge in [-0.2, -0.15) is 0 Å². The number of anilines is 1. The first-order chi connectivity index (χ1) is 7.65. The Bertz CT molecular complexity index is 577. The van der Waals surface area contributed by atoms with Crippen molar-refractivity contribution in [3.05, 3.63) is 35.5 Å². The average Bonchev–Trinajstić information content (AvgIpc) is 3.04. The molecule has 2 nitrogen and oxygen atoms in total. The van der Waals surface area contributed by atoms with Gasteiger partial charge in [-0.3, -0.25) is 4.98 Å². The third kappa shape index (κ3) is 1.41. The first-order valence-corrected chi connectivity index (χ1v) is 5.20. The third-order valence-electron chi connectivity index (χ3n) is 2.90. The van der Waals surface area contributed by atoms with Gasteiger partial charge < -0.3 is 5.73 Å². The predicted octanol–water partition coefficient (Wildman–Crippen LogP) is 2.97. The van der Waals surface area contributed by atoms with E-state index in [0.717, 1.165) is 30.7 Å². The van der Waals surface area contributed by atoms with Crippen LogP contribution >= 0.6 is 0 Å². The molecule has 1 aromatic carbocycles. The zero-order valence-corrected chi connectivity index (χ0v) is 8.50. The molecule has 16 heavy (non-hydrogen) atoms. The first-order valence-electron chi connectivity index (χ1n) is 5.20. The number of pyridine rings is 1. The lowest BCUT2D eigenvalue weighted by molar-refractivity contribution is 0.510. The molecular weight excluding hydrogens is 210 g/mol. The molecule has 1 saturated carbocycles. The lowest BCUT2D eigenvalue weighted by Crippen LogP contribution is -1.96. The van der Waals surface area contributed by atoms with E-state index in [2.05, 4.69) is 4.98 Å². The normalized spacial score (nSPS) is 15.6. The van der Waals surface area contributed by atoms with Gasteiger partial charge in [0.25, 0.3) is 0 Å². The topological polar surface area (TPSA) is 38.9 Å². The molecule has 1 aliphatic carbocycles. The van der Waals surface area contributed by atoms with Crippen LogP contribution in [0.15, 0.2) is 18.2 Å². The molecule has 4 heteroatoms. The minimum atomic E-state index is -0.889. The van der Waals surface area contributed by atoms with Crippen LogP contribution in [0.5, 0.6) is 0 Å². The molecule has 0 aliphatic heterocycles. The van der Waals surface area contributed by atoms with E-state index in [-0.39, 0.29) is 0 Å². The van der Waals surface area contributed by atoms with Crippen molar-refractivity contribution in [3.8, 4) is 0 Å². The highest BCUT2D eigenvalue weighted by Gasteiger charge is 2.25. The van der Waals surface area contributed by atoms with Crippen molar-refractivity contribution in [1.82, 2.24) is 4.98 Å². The molecule has 1 heterocycles. The number of fused-ring (bicyclic) bond motifs is 1. The van der Waals surface area contributed by atoms with Gasteiger partial charge in [-0.15, -0.1) is 0 Å². The molecule has 1 aliphatic rings. The van der Waals surface area contributed by atoms with Crippen LogP contribution in [0.4, 0.5) is 14.5 Å². The molecule has 1 aromatic heterocycles. The van der Waals surface area contributed by atoms with Crippen LogP contribution < -0.4 is 5.73 Å². The SMILES string of the molecule is Nc1cc(C2CC2)nc2cc(F)c(F)cc12. The van der Waals surface area contributed by atoms with E-state index in [4.69, 9.17) is 5.73 Å².